The summed E-state index contributed by atoms with van der Waals surface area (Å²) in [5, 5.41) is 12.5. The van der Waals surface area contributed by atoms with E-state index in [9.17, 15) is 13.2 Å². The number of aliphatic carboxylic acids is 1. The summed E-state index contributed by atoms with van der Waals surface area (Å²) in [5.74, 6) is -1.01. The molecule has 0 aliphatic rings. The van der Waals surface area contributed by atoms with Crippen LogP contribution in [-0.2, 0) is 21.1 Å². The summed E-state index contributed by atoms with van der Waals surface area (Å²) in [6.45, 7) is 3.62. The van der Waals surface area contributed by atoms with Gasteiger partial charge in [-0.15, -0.1) is 0 Å². The number of aromatic nitrogens is 2. The van der Waals surface area contributed by atoms with Crippen LogP contribution in [0.15, 0.2) is 11.1 Å². The fourth-order valence-electron chi connectivity index (χ4n) is 1.32. The van der Waals surface area contributed by atoms with Crippen molar-refractivity contribution >= 4 is 15.8 Å². The number of sulfone groups is 1. The molecular formula is C9H14N2O4S. The molecular weight excluding hydrogens is 232 g/mol. The quantitative estimate of drug-likeness (QED) is 0.835. The van der Waals surface area contributed by atoms with Gasteiger partial charge in [-0.3, -0.25) is 9.48 Å². The van der Waals surface area contributed by atoms with Crippen molar-refractivity contribution in [2.45, 2.75) is 31.3 Å². The van der Waals surface area contributed by atoms with Gasteiger partial charge in [-0.2, -0.15) is 5.10 Å². The van der Waals surface area contributed by atoms with Crippen molar-refractivity contribution in [1.29, 1.82) is 0 Å². The van der Waals surface area contributed by atoms with E-state index < -0.39 is 15.8 Å². The number of hydrogen-bond donors (Lipinski definition) is 1. The summed E-state index contributed by atoms with van der Waals surface area (Å²) < 4.78 is 24.0. The third-order valence-corrected chi connectivity index (χ3v) is 2.95. The van der Waals surface area contributed by atoms with Crippen LogP contribution in [0, 0.1) is 0 Å². The number of hydrogen-bond acceptors (Lipinski definition) is 4. The molecule has 0 bridgehead atoms. The zero-order valence-electron chi connectivity index (χ0n) is 9.34. The van der Waals surface area contributed by atoms with E-state index >= 15 is 0 Å². The van der Waals surface area contributed by atoms with Crippen LogP contribution in [0.1, 0.15) is 25.6 Å². The molecule has 0 amide bonds. The number of carboxylic acid groups (broad SMARTS) is 1. The Balaban J connectivity index is 3.26. The summed E-state index contributed by atoms with van der Waals surface area (Å²) in [6.07, 6.45) is 0.811. The van der Waals surface area contributed by atoms with E-state index in [1.165, 1.54) is 10.7 Å². The largest absolute Gasteiger partial charge is 0.481 e. The highest BCUT2D eigenvalue weighted by Crippen LogP contribution is 2.15. The maximum atomic E-state index is 11.3. The molecule has 7 heteroatoms. The zero-order valence-corrected chi connectivity index (χ0v) is 10.2. The lowest BCUT2D eigenvalue weighted by Gasteiger charge is -2.08. The van der Waals surface area contributed by atoms with Crippen molar-refractivity contribution in [3.05, 3.63) is 11.8 Å². The minimum absolute atomic E-state index is 0.0788. The van der Waals surface area contributed by atoms with Crippen molar-refractivity contribution in [2.24, 2.45) is 0 Å². The van der Waals surface area contributed by atoms with Crippen LogP contribution in [0.3, 0.4) is 0 Å². The van der Waals surface area contributed by atoms with Gasteiger partial charge in [0.1, 0.15) is 0 Å². The SMILES string of the molecule is CC(C)n1nc(S(C)(=O)=O)cc1CC(=O)O. The molecule has 0 aliphatic carbocycles. The highest BCUT2D eigenvalue weighted by molar-refractivity contribution is 7.90. The van der Waals surface area contributed by atoms with Crippen LogP contribution in [0.25, 0.3) is 0 Å². The fourth-order valence-corrected chi connectivity index (χ4v) is 1.91. The molecule has 0 atom stereocenters. The van der Waals surface area contributed by atoms with Gasteiger partial charge in [-0.25, -0.2) is 8.42 Å². The van der Waals surface area contributed by atoms with Crippen LogP contribution < -0.4 is 0 Å². The van der Waals surface area contributed by atoms with Gasteiger partial charge in [0.15, 0.2) is 14.9 Å². The first-order valence-corrected chi connectivity index (χ1v) is 6.61. The molecule has 0 saturated carbocycles. The topological polar surface area (TPSA) is 89.3 Å². The van der Waals surface area contributed by atoms with Crippen LogP contribution in [0.2, 0.25) is 0 Å². The van der Waals surface area contributed by atoms with Gasteiger partial charge in [-0.1, -0.05) is 0 Å². The Bertz CT molecular complexity index is 502. The maximum Gasteiger partial charge on any atom is 0.309 e. The van der Waals surface area contributed by atoms with Crippen LogP contribution in [-0.4, -0.2) is 35.5 Å². The molecule has 1 aromatic rings. The highest BCUT2D eigenvalue weighted by Gasteiger charge is 2.18. The van der Waals surface area contributed by atoms with Gasteiger partial charge in [0.05, 0.1) is 12.1 Å². The van der Waals surface area contributed by atoms with Crippen molar-refractivity contribution < 1.29 is 18.3 Å². The molecule has 6 nitrogen and oxygen atoms in total. The number of carboxylic acids is 1. The monoisotopic (exact) mass is 246 g/mol. The smallest absolute Gasteiger partial charge is 0.309 e. The third-order valence-electron chi connectivity index (χ3n) is 1.99. The first-order chi connectivity index (χ1) is 7.21. The number of rotatable bonds is 4. The Morgan fingerprint density at radius 2 is 2.12 bits per heavy atom. The lowest BCUT2D eigenvalue weighted by Crippen LogP contribution is -2.11. The van der Waals surface area contributed by atoms with E-state index in [-0.39, 0.29) is 17.5 Å². The van der Waals surface area contributed by atoms with Crippen LogP contribution >= 0.6 is 0 Å². The molecule has 0 spiro atoms. The summed E-state index contributed by atoms with van der Waals surface area (Å²) in [5.41, 5.74) is 0.392. The van der Waals surface area contributed by atoms with Gasteiger partial charge >= 0.3 is 5.97 Å². The number of nitrogens with zero attached hydrogens (tertiary/aromatic N) is 2. The molecule has 1 aromatic heterocycles. The van der Waals surface area contributed by atoms with Crippen LogP contribution in [0.5, 0.6) is 0 Å². The molecule has 0 unspecified atom stereocenters. The van der Waals surface area contributed by atoms with Gasteiger partial charge < -0.3 is 5.11 Å². The second-order valence-electron chi connectivity index (χ2n) is 3.85. The summed E-state index contributed by atoms with van der Waals surface area (Å²) in [7, 11) is -3.40. The minimum Gasteiger partial charge on any atom is -0.481 e. The van der Waals surface area contributed by atoms with Gasteiger partial charge in [-0.05, 0) is 19.9 Å². The fraction of sp³-hybridized carbons (Fsp3) is 0.556. The standard InChI is InChI=1S/C9H14N2O4S/c1-6(2)11-7(5-9(12)13)4-8(10-11)16(3,14)15/h4,6H,5H2,1-3H3,(H,12,13). The Labute approximate surface area is 93.8 Å². The molecule has 1 N–H and O–H groups in total. The molecule has 16 heavy (non-hydrogen) atoms. The Morgan fingerprint density at radius 1 is 1.56 bits per heavy atom. The molecule has 0 fully saturated rings. The van der Waals surface area contributed by atoms with Crippen molar-refractivity contribution in [3.8, 4) is 0 Å². The Kier molecular flexibility index (Phi) is 3.37. The predicted molar refractivity (Wildman–Crippen MR) is 57.1 cm³/mol. The molecule has 0 aromatic carbocycles. The minimum atomic E-state index is -3.40. The van der Waals surface area contributed by atoms with E-state index in [0.29, 0.717) is 5.69 Å². The van der Waals surface area contributed by atoms with E-state index in [4.69, 9.17) is 5.11 Å². The van der Waals surface area contributed by atoms with Crippen LogP contribution in [0.4, 0.5) is 0 Å². The molecule has 90 valence electrons. The summed E-state index contributed by atoms with van der Waals surface area (Å²) >= 11 is 0. The Morgan fingerprint density at radius 3 is 2.50 bits per heavy atom. The zero-order chi connectivity index (χ0) is 12.5. The summed E-state index contributed by atoms with van der Waals surface area (Å²) in [4.78, 5) is 10.6. The van der Waals surface area contributed by atoms with E-state index in [1.807, 2.05) is 13.8 Å². The first kappa shape index (κ1) is 12.7. The van der Waals surface area contributed by atoms with Gasteiger partial charge in [0, 0.05) is 12.3 Å². The number of carbonyl (C=O) groups is 1. The molecule has 0 radical (unpaired) electrons. The normalized spacial score (nSPS) is 12.0. The molecule has 1 heterocycles. The van der Waals surface area contributed by atoms with E-state index in [1.54, 1.807) is 0 Å². The second-order valence-corrected chi connectivity index (χ2v) is 5.82. The average Bonchev–Trinajstić information content (AvgIpc) is 2.45. The predicted octanol–water partition coefficient (Wildman–Crippen LogP) is 0.495. The lowest BCUT2D eigenvalue weighted by atomic mass is 10.3. The van der Waals surface area contributed by atoms with Crippen molar-refractivity contribution in [2.75, 3.05) is 6.26 Å². The molecule has 0 aliphatic heterocycles. The lowest BCUT2D eigenvalue weighted by molar-refractivity contribution is -0.136. The first-order valence-electron chi connectivity index (χ1n) is 4.72. The maximum absolute atomic E-state index is 11.3. The third kappa shape index (κ3) is 2.82. The van der Waals surface area contributed by atoms with E-state index in [0.717, 1.165) is 6.26 Å². The second kappa shape index (κ2) is 4.25. The van der Waals surface area contributed by atoms with E-state index in [2.05, 4.69) is 5.10 Å². The molecule has 1 rings (SSSR count). The van der Waals surface area contributed by atoms with Gasteiger partial charge in [0.25, 0.3) is 0 Å². The van der Waals surface area contributed by atoms with Gasteiger partial charge in [0.2, 0.25) is 0 Å². The van der Waals surface area contributed by atoms with Crippen molar-refractivity contribution in [1.82, 2.24) is 9.78 Å². The molecule has 0 saturated heterocycles. The average molecular weight is 246 g/mol. The Hall–Kier alpha value is -1.37. The highest BCUT2D eigenvalue weighted by atomic mass is 32.2. The summed E-state index contributed by atoms with van der Waals surface area (Å²) in [6, 6.07) is 1.23. The van der Waals surface area contributed by atoms with Crippen molar-refractivity contribution in [3.63, 3.8) is 0 Å².